The Morgan fingerprint density at radius 1 is 1.11 bits per heavy atom. The first-order chi connectivity index (χ1) is 21.2. The molecule has 3 amide bonds. The van der Waals surface area contributed by atoms with E-state index in [-0.39, 0.29) is 24.2 Å². The highest BCUT2D eigenvalue weighted by Gasteiger charge is 2.41. The molecular formula is C32H39FN8O3. The Balaban J connectivity index is 1.31. The molecule has 1 N–H and O–H groups in total. The average Bonchev–Trinajstić information content (AvgIpc) is 3.52. The van der Waals surface area contributed by atoms with E-state index in [0.717, 1.165) is 37.4 Å². The number of methoxy groups -OCH3 is 1. The van der Waals surface area contributed by atoms with Crippen molar-refractivity contribution in [1.82, 2.24) is 19.8 Å². The van der Waals surface area contributed by atoms with Crippen molar-refractivity contribution in [3.05, 3.63) is 59.5 Å². The predicted molar refractivity (Wildman–Crippen MR) is 168 cm³/mol. The van der Waals surface area contributed by atoms with Crippen molar-refractivity contribution in [2.75, 3.05) is 73.4 Å². The first-order valence-electron chi connectivity index (χ1n) is 15.1. The maximum Gasteiger partial charge on any atom is 0.330 e. The van der Waals surface area contributed by atoms with Crippen molar-refractivity contribution in [2.45, 2.75) is 39.3 Å². The zero-order valence-corrected chi connectivity index (χ0v) is 25.7. The minimum Gasteiger partial charge on any atom is -0.497 e. The van der Waals surface area contributed by atoms with Gasteiger partial charge in [0.05, 0.1) is 25.4 Å². The van der Waals surface area contributed by atoms with E-state index < -0.39 is 11.8 Å². The van der Waals surface area contributed by atoms with Gasteiger partial charge >= 0.3 is 6.03 Å². The number of ether oxygens (including phenoxy) is 1. The van der Waals surface area contributed by atoms with Gasteiger partial charge in [-0.05, 0) is 56.3 Å². The molecule has 11 nitrogen and oxygen atoms in total. The van der Waals surface area contributed by atoms with Gasteiger partial charge < -0.3 is 24.8 Å². The minimum atomic E-state index is -0.536. The molecule has 0 saturated carbocycles. The number of anilines is 5. The molecule has 0 spiro atoms. The summed E-state index contributed by atoms with van der Waals surface area (Å²) in [6.07, 6.45) is 2.67. The molecule has 4 heterocycles. The normalized spacial score (nSPS) is 18.9. The fourth-order valence-corrected chi connectivity index (χ4v) is 6.15. The summed E-state index contributed by atoms with van der Waals surface area (Å²) in [7, 11) is 3.64. The number of aryl methyl sites for hydroxylation is 1. The van der Waals surface area contributed by atoms with E-state index in [2.05, 4.69) is 46.2 Å². The second kappa shape index (κ2) is 12.3. The fraction of sp³-hybridized carbons (Fsp3) is 0.438. The number of rotatable bonds is 7. The van der Waals surface area contributed by atoms with Crippen LogP contribution in [-0.2, 0) is 11.3 Å². The third kappa shape index (κ3) is 5.73. The topological polar surface area (TPSA) is 97.4 Å². The van der Waals surface area contributed by atoms with Crippen molar-refractivity contribution in [3.63, 3.8) is 0 Å². The lowest BCUT2D eigenvalue weighted by Gasteiger charge is -2.39. The van der Waals surface area contributed by atoms with Crippen molar-refractivity contribution < 1.29 is 18.7 Å². The monoisotopic (exact) mass is 602 g/mol. The standard InChI is InChI=1S/C32H39FN8O3/c1-5-29(42)39-11-10-24(20-39)41-30-22(19-40(32(41)43)28-17-25(44-4)7-8-26(28)33)18-34-31(36-30)35-27-9-6-23(16-21(27)2)38-14-12-37(3)13-15-38/h6-9,16-18,24H,5,10-15,19-20H2,1-4H3,(H,34,35,36)/t24-/m0/s1. The van der Waals surface area contributed by atoms with E-state index in [9.17, 15) is 9.59 Å². The zero-order chi connectivity index (χ0) is 31.0. The zero-order valence-electron chi connectivity index (χ0n) is 25.7. The molecule has 0 bridgehead atoms. The smallest absolute Gasteiger partial charge is 0.330 e. The van der Waals surface area contributed by atoms with Gasteiger partial charge in [-0.2, -0.15) is 4.98 Å². The van der Waals surface area contributed by atoms with E-state index in [4.69, 9.17) is 9.72 Å². The molecule has 3 aliphatic rings. The Kier molecular flexibility index (Phi) is 8.26. The van der Waals surface area contributed by atoms with Crippen LogP contribution >= 0.6 is 0 Å². The number of hydrogen-bond acceptors (Lipinski definition) is 8. The van der Waals surface area contributed by atoms with Crippen LogP contribution in [0.15, 0.2) is 42.6 Å². The van der Waals surface area contributed by atoms with Gasteiger partial charge in [0.15, 0.2) is 0 Å². The number of piperazine rings is 1. The highest BCUT2D eigenvalue weighted by molar-refractivity contribution is 6.06. The van der Waals surface area contributed by atoms with Crippen LogP contribution in [0.5, 0.6) is 5.75 Å². The van der Waals surface area contributed by atoms with Gasteiger partial charge in [0.1, 0.15) is 17.4 Å². The first-order valence-corrected chi connectivity index (χ1v) is 15.1. The summed E-state index contributed by atoms with van der Waals surface area (Å²) in [4.78, 5) is 45.6. The number of likely N-dealkylation sites (N-methyl/N-ethyl adjacent to an activating group) is 1. The molecule has 2 saturated heterocycles. The quantitative estimate of drug-likeness (QED) is 0.426. The number of nitrogens with zero attached hydrogens (tertiary/aromatic N) is 7. The van der Waals surface area contributed by atoms with Crippen LogP contribution < -0.4 is 24.8 Å². The number of benzene rings is 2. The van der Waals surface area contributed by atoms with Crippen molar-refractivity contribution in [3.8, 4) is 5.75 Å². The molecule has 1 atom stereocenters. The maximum atomic E-state index is 15.1. The molecular weight excluding hydrogens is 563 g/mol. The van der Waals surface area contributed by atoms with Crippen LogP contribution in [0.4, 0.5) is 38.0 Å². The first kappa shape index (κ1) is 29.6. The molecule has 0 aliphatic carbocycles. The molecule has 3 aliphatic heterocycles. The highest BCUT2D eigenvalue weighted by Crippen LogP contribution is 2.37. The second-order valence-electron chi connectivity index (χ2n) is 11.6. The van der Waals surface area contributed by atoms with E-state index in [1.165, 1.54) is 35.9 Å². The third-order valence-electron chi connectivity index (χ3n) is 8.79. The molecule has 0 unspecified atom stereocenters. The molecule has 232 valence electrons. The number of carbonyl (C=O) groups is 2. The lowest BCUT2D eigenvalue weighted by molar-refractivity contribution is -0.129. The Morgan fingerprint density at radius 2 is 1.91 bits per heavy atom. The maximum absolute atomic E-state index is 15.1. The molecule has 6 rings (SSSR count). The van der Waals surface area contributed by atoms with Gasteiger partial charge in [-0.25, -0.2) is 14.2 Å². The van der Waals surface area contributed by atoms with Gasteiger partial charge in [0, 0.05) is 74.9 Å². The molecule has 12 heteroatoms. The molecule has 2 fully saturated rings. The summed E-state index contributed by atoms with van der Waals surface area (Å²) < 4.78 is 20.4. The van der Waals surface area contributed by atoms with Gasteiger partial charge in [0.2, 0.25) is 11.9 Å². The number of halogens is 1. The number of hydrogen-bond donors (Lipinski definition) is 1. The Hall–Kier alpha value is -4.45. The number of amides is 3. The Bertz CT molecular complexity index is 1560. The second-order valence-corrected chi connectivity index (χ2v) is 11.6. The minimum absolute atomic E-state index is 0.0356. The number of fused-ring (bicyclic) bond motifs is 1. The SMILES string of the molecule is CCC(=O)N1CC[C@H](N2C(=O)N(c3cc(OC)ccc3F)Cc3cnc(Nc4ccc(N5CCN(C)CC5)cc4C)nc32)C1. The lowest BCUT2D eigenvalue weighted by atomic mass is 10.1. The van der Waals surface area contributed by atoms with Gasteiger partial charge in [-0.1, -0.05) is 6.92 Å². The summed E-state index contributed by atoms with van der Waals surface area (Å²) in [6, 6.07) is 9.91. The number of carbonyl (C=O) groups excluding carboxylic acids is 2. The summed E-state index contributed by atoms with van der Waals surface area (Å²) in [5.41, 5.74) is 3.90. The molecule has 2 aromatic carbocycles. The van der Waals surface area contributed by atoms with E-state index in [0.29, 0.717) is 49.0 Å². The number of likely N-dealkylation sites (tertiary alicyclic amines) is 1. The van der Waals surface area contributed by atoms with E-state index in [1.807, 2.05) is 13.0 Å². The van der Waals surface area contributed by atoms with E-state index >= 15 is 4.39 Å². The molecule has 3 aromatic rings. The Morgan fingerprint density at radius 3 is 2.64 bits per heavy atom. The van der Waals surface area contributed by atoms with Crippen molar-refractivity contribution in [1.29, 1.82) is 0 Å². The van der Waals surface area contributed by atoms with Gasteiger partial charge in [0.25, 0.3) is 0 Å². The molecule has 1 aromatic heterocycles. The van der Waals surface area contributed by atoms with Crippen LogP contribution in [0.3, 0.4) is 0 Å². The molecule has 0 radical (unpaired) electrons. The summed E-state index contributed by atoms with van der Waals surface area (Å²) in [5.74, 6) is 0.767. The van der Waals surface area contributed by atoms with Crippen LogP contribution in [-0.4, -0.2) is 91.2 Å². The third-order valence-corrected chi connectivity index (χ3v) is 8.79. The van der Waals surface area contributed by atoms with Crippen LogP contribution in [0, 0.1) is 12.7 Å². The van der Waals surface area contributed by atoms with Crippen molar-refractivity contribution in [2.24, 2.45) is 0 Å². The number of urea groups is 1. The number of nitrogens with one attached hydrogen (secondary N) is 1. The van der Waals surface area contributed by atoms with Crippen molar-refractivity contribution >= 4 is 40.8 Å². The van der Waals surface area contributed by atoms with Gasteiger partial charge in [-0.3, -0.25) is 14.6 Å². The summed E-state index contributed by atoms with van der Waals surface area (Å²) in [5, 5.41) is 3.35. The van der Waals surface area contributed by atoms with Crippen LogP contribution in [0.2, 0.25) is 0 Å². The summed E-state index contributed by atoms with van der Waals surface area (Å²) >= 11 is 0. The summed E-state index contributed by atoms with van der Waals surface area (Å²) in [6.45, 7) is 8.93. The molecule has 44 heavy (non-hydrogen) atoms. The van der Waals surface area contributed by atoms with E-state index in [1.54, 1.807) is 16.0 Å². The largest absolute Gasteiger partial charge is 0.497 e. The average molecular weight is 603 g/mol. The number of aromatic nitrogens is 2. The fourth-order valence-electron chi connectivity index (χ4n) is 6.15. The lowest BCUT2D eigenvalue weighted by Crippen LogP contribution is -2.53. The Labute approximate surface area is 257 Å². The van der Waals surface area contributed by atoms with Crippen LogP contribution in [0.1, 0.15) is 30.9 Å². The van der Waals surface area contributed by atoms with Crippen LogP contribution in [0.25, 0.3) is 0 Å². The van der Waals surface area contributed by atoms with Gasteiger partial charge in [-0.15, -0.1) is 0 Å². The predicted octanol–water partition coefficient (Wildman–Crippen LogP) is 4.39. The highest BCUT2D eigenvalue weighted by atomic mass is 19.1.